The summed E-state index contributed by atoms with van der Waals surface area (Å²) in [7, 11) is 0. The summed E-state index contributed by atoms with van der Waals surface area (Å²) in [4.78, 5) is 9.31. The standard InChI is InChI=1S/C32H47N3/c1-3-5-7-9-10-11-12-14-27-24-34-31(35-25-27)30-17-15-28(16-18-30)29-19-22-32(26-33,23-20-29)21-13-8-6-4-2/h15-18,24-25,29H,3-14,19-23H2,1-2H3/t29-,32-. The summed E-state index contributed by atoms with van der Waals surface area (Å²) in [5.74, 6) is 1.39. The molecule has 0 spiro atoms. The number of benzene rings is 1. The average molecular weight is 474 g/mol. The van der Waals surface area contributed by atoms with Gasteiger partial charge < -0.3 is 0 Å². The molecule has 1 aliphatic rings. The number of aryl methyl sites for hydroxylation is 1. The molecule has 1 fully saturated rings. The zero-order valence-corrected chi connectivity index (χ0v) is 22.4. The maximum absolute atomic E-state index is 9.87. The number of unbranched alkanes of at least 4 members (excludes halogenated alkanes) is 9. The second-order valence-corrected chi connectivity index (χ2v) is 10.9. The van der Waals surface area contributed by atoms with Gasteiger partial charge in [-0.1, -0.05) is 102 Å². The second-order valence-electron chi connectivity index (χ2n) is 10.9. The van der Waals surface area contributed by atoms with Gasteiger partial charge in [-0.3, -0.25) is 0 Å². The minimum Gasteiger partial charge on any atom is -0.236 e. The van der Waals surface area contributed by atoms with Crippen molar-refractivity contribution in [3.63, 3.8) is 0 Å². The molecule has 1 aliphatic carbocycles. The fourth-order valence-electron chi connectivity index (χ4n) is 5.64. The van der Waals surface area contributed by atoms with Crippen molar-refractivity contribution in [3.8, 4) is 17.5 Å². The van der Waals surface area contributed by atoms with Gasteiger partial charge in [0.1, 0.15) is 0 Å². The van der Waals surface area contributed by atoms with Crippen LogP contribution in [0, 0.1) is 16.7 Å². The first-order chi connectivity index (χ1) is 17.2. The van der Waals surface area contributed by atoms with Crippen LogP contribution in [0.25, 0.3) is 11.4 Å². The van der Waals surface area contributed by atoms with E-state index in [2.05, 4.69) is 54.2 Å². The normalized spacial score (nSPS) is 20.0. The molecule has 0 unspecified atom stereocenters. The molecule has 0 bridgehead atoms. The van der Waals surface area contributed by atoms with E-state index in [1.54, 1.807) is 0 Å². The monoisotopic (exact) mass is 473 g/mol. The summed E-state index contributed by atoms with van der Waals surface area (Å²) in [6.07, 6.45) is 24.9. The maximum atomic E-state index is 9.87. The number of hydrogen-bond acceptors (Lipinski definition) is 3. The van der Waals surface area contributed by atoms with Crippen LogP contribution in [0.4, 0.5) is 0 Å². The van der Waals surface area contributed by atoms with Crippen molar-refractivity contribution in [3.05, 3.63) is 47.8 Å². The van der Waals surface area contributed by atoms with Crippen molar-refractivity contribution in [2.24, 2.45) is 5.41 Å². The highest BCUT2D eigenvalue weighted by atomic mass is 14.9. The van der Waals surface area contributed by atoms with Crippen LogP contribution in [0.1, 0.15) is 134 Å². The quantitative estimate of drug-likeness (QED) is 0.242. The molecule has 3 heteroatoms. The number of nitrogens with zero attached hydrogens (tertiary/aromatic N) is 3. The zero-order chi connectivity index (χ0) is 24.8. The summed E-state index contributed by atoms with van der Waals surface area (Å²) in [5, 5.41) is 9.87. The summed E-state index contributed by atoms with van der Waals surface area (Å²) >= 11 is 0. The van der Waals surface area contributed by atoms with Crippen LogP contribution < -0.4 is 0 Å². The van der Waals surface area contributed by atoms with Crippen LogP contribution in [-0.2, 0) is 6.42 Å². The molecule has 1 saturated carbocycles. The molecular formula is C32H47N3. The third-order valence-corrected chi connectivity index (χ3v) is 8.10. The van der Waals surface area contributed by atoms with Crippen molar-refractivity contribution in [1.29, 1.82) is 5.26 Å². The number of hydrogen-bond donors (Lipinski definition) is 0. The molecule has 190 valence electrons. The second kappa shape index (κ2) is 15.0. The van der Waals surface area contributed by atoms with Crippen molar-refractivity contribution in [2.75, 3.05) is 0 Å². The van der Waals surface area contributed by atoms with Gasteiger partial charge in [0.15, 0.2) is 5.82 Å². The third-order valence-electron chi connectivity index (χ3n) is 8.10. The van der Waals surface area contributed by atoms with E-state index in [0.29, 0.717) is 5.92 Å². The fraction of sp³-hybridized carbons (Fsp3) is 0.656. The van der Waals surface area contributed by atoms with E-state index in [4.69, 9.17) is 0 Å². The van der Waals surface area contributed by atoms with Gasteiger partial charge >= 0.3 is 0 Å². The van der Waals surface area contributed by atoms with Crippen LogP contribution in [0.3, 0.4) is 0 Å². The average Bonchev–Trinajstić information content (AvgIpc) is 2.91. The molecule has 0 N–H and O–H groups in total. The molecule has 1 heterocycles. The molecule has 0 atom stereocenters. The summed E-state index contributed by atoms with van der Waals surface area (Å²) < 4.78 is 0. The minimum atomic E-state index is -0.0746. The van der Waals surface area contributed by atoms with Crippen LogP contribution >= 0.6 is 0 Å². The number of rotatable bonds is 15. The number of nitriles is 1. The van der Waals surface area contributed by atoms with Crippen molar-refractivity contribution >= 4 is 0 Å². The lowest BCUT2D eigenvalue weighted by Gasteiger charge is -2.35. The molecule has 0 saturated heterocycles. The SMILES string of the molecule is CCCCCCCCCc1cnc(-c2ccc([C@H]3CC[C@@](C#N)(CCCCCC)CC3)cc2)nc1. The Labute approximate surface area is 214 Å². The predicted octanol–water partition coefficient (Wildman–Crippen LogP) is 9.57. The number of aromatic nitrogens is 2. The minimum absolute atomic E-state index is 0.0746. The Bertz CT molecular complexity index is 871. The van der Waals surface area contributed by atoms with Gasteiger partial charge in [0, 0.05) is 18.0 Å². The first kappa shape index (κ1) is 27.4. The van der Waals surface area contributed by atoms with Crippen LogP contribution in [-0.4, -0.2) is 9.97 Å². The van der Waals surface area contributed by atoms with Gasteiger partial charge in [0.25, 0.3) is 0 Å². The van der Waals surface area contributed by atoms with Gasteiger partial charge in [-0.15, -0.1) is 0 Å². The molecule has 1 aromatic carbocycles. The van der Waals surface area contributed by atoms with E-state index < -0.39 is 0 Å². The topological polar surface area (TPSA) is 49.6 Å². The van der Waals surface area contributed by atoms with E-state index in [-0.39, 0.29) is 5.41 Å². The van der Waals surface area contributed by atoms with Crippen LogP contribution in [0.2, 0.25) is 0 Å². The van der Waals surface area contributed by atoms with Gasteiger partial charge in [-0.2, -0.15) is 5.26 Å². The third kappa shape index (κ3) is 8.75. The van der Waals surface area contributed by atoms with E-state index in [9.17, 15) is 5.26 Å². The smallest absolute Gasteiger partial charge is 0.159 e. The Hall–Kier alpha value is -2.21. The van der Waals surface area contributed by atoms with Crippen LogP contribution in [0.5, 0.6) is 0 Å². The molecule has 35 heavy (non-hydrogen) atoms. The lowest BCUT2D eigenvalue weighted by atomic mass is 9.67. The molecular weight excluding hydrogens is 426 g/mol. The van der Waals surface area contributed by atoms with Crippen molar-refractivity contribution in [1.82, 2.24) is 9.97 Å². The Morgan fingerprint density at radius 3 is 1.97 bits per heavy atom. The Morgan fingerprint density at radius 2 is 1.37 bits per heavy atom. The molecule has 2 aromatic rings. The van der Waals surface area contributed by atoms with Crippen molar-refractivity contribution < 1.29 is 0 Å². The Morgan fingerprint density at radius 1 is 0.800 bits per heavy atom. The molecule has 3 rings (SSSR count). The van der Waals surface area contributed by atoms with E-state index in [0.717, 1.165) is 49.9 Å². The van der Waals surface area contributed by atoms with E-state index in [1.165, 1.54) is 81.8 Å². The van der Waals surface area contributed by atoms with E-state index >= 15 is 0 Å². The molecule has 1 aromatic heterocycles. The highest BCUT2D eigenvalue weighted by Crippen LogP contribution is 2.45. The molecule has 3 nitrogen and oxygen atoms in total. The first-order valence-corrected chi connectivity index (χ1v) is 14.5. The molecule has 0 radical (unpaired) electrons. The van der Waals surface area contributed by atoms with Crippen molar-refractivity contribution in [2.45, 2.75) is 129 Å². The first-order valence-electron chi connectivity index (χ1n) is 14.5. The highest BCUT2D eigenvalue weighted by Gasteiger charge is 2.35. The highest BCUT2D eigenvalue weighted by molar-refractivity contribution is 5.55. The predicted molar refractivity (Wildman–Crippen MR) is 147 cm³/mol. The fourth-order valence-corrected chi connectivity index (χ4v) is 5.64. The summed E-state index contributed by atoms with van der Waals surface area (Å²) in [6, 6.07) is 11.6. The van der Waals surface area contributed by atoms with Gasteiger partial charge in [0.05, 0.1) is 11.5 Å². The lowest BCUT2D eigenvalue weighted by molar-refractivity contribution is 0.223. The molecule has 0 aliphatic heterocycles. The van der Waals surface area contributed by atoms with Crippen LogP contribution in [0.15, 0.2) is 36.7 Å². The molecule has 0 amide bonds. The Kier molecular flexibility index (Phi) is 11.8. The maximum Gasteiger partial charge on any atom is 0.159 e. The lowest BCUT2D eigenvalue weighted by Crippen LogP contribution is -2.25. The van der Waals surface area contributed by atoms with Gasteiger partial charge in [-0.25, -0.2) is 9.97 Å². The largest absolute Gasteiger partial charge is 0.236 e. The zero-order valence-electron chi connectivity index (χ0n) is 22.4. The van der Waals surface area contributed by atoms with E-state index in [1.807, 2.05) is 12.4 Å². The Balaban J connectivity index is 1.45. The summed E-state index contributed by atoms with van der Waals surface area (Å²) in [5.41, 5.74) is 3.67. The van der Waals surface area contributed by atoms with Gasteiger partial charge in [0.2, 0.25) is 0 Å². The summed E-state index contributed by atoms with van der Waals surface area (Å²) in [6.45, 7) is 4.51. The van der Waals surface area contributed by atoms with Gasteiger partial charge in [-0.05, 0) is 62.0 Å².